The van der Waals surface area contributed by atoms with Gasteiger partial charge in [0.2, 0.25) is 5.71 Å². The van der Waals surface area contributed by atoms with Crippen LogP contribution in [-0.2, 0) is 21.6 Å². The van der Waals surface area contributed by atoms with Crippen LogP contribution in [0.25, 0.3) is 28.3 Å². The third kappa shape index (κ3) is 3.03. The van der Waals surface area contributed by atoms with E-state index in [2.05, 4.69) is 23.8 Å². The first-order chi connectivity index (χ1) is 13.7. The van der Waals surface area contributed by atoms with Crippen molar-refractivity contribution in [1.82, 2.24) is 19.6 Å². The Bertz CT molecular complexity index is 1340. The topological polar surface area (TPSA) is 90.4 Å². The van der Waals surface area contributed by atoms with Crippen molar-refractivity contribution in [2.45, 2.75) is 44.4 Å². The van der Waals surface area contributed by atoms with Crippen LogP contribution < -0.4 is 0 Å². The van der Waals surface area contributed by atoms with Crippen molar-refractivity contribution in [1.29, 1.82) is 0 Å². The summed E-state index contributed by atoms with van der Waals surface area (Å²) in [7, 11) is -2.43. The van der Waals surface area contributed by atoms with Crippen LogP contribution >= 0.6 is 0 Å². The number of aryl methyl sites for hydroxylation is 2. The fourth-order valence-corrected chi connectivity index (χ4v) is 4.99. The molecule has 0 aromatic carbocycles. The monoisotopic (exact) mass is 430 g/mol. The minimum absolute atomic E-state index is 0.265. The van der Waals surface area contributed by atoms with E-state index in [4.69, 9.17) is 9.52 Å². The highest BCUT2D eigenvalue weighted by atomic mass is 32.2. The van der Waals surface area contributed by atoms with Crippen molar-refractivity contribution in [3.8, 4) is 11.6 Å². The summed E-state index contributed by atoms with van der Waals surface area (Å²) in [5.41, 5.74) is 6.46. The zero-order chi connectivity index (χ0) is 21.0. The minimum atomic E-state index is -1.27. The molecule has 2 atom stereocenters. The Hall–Kier alpha value is -2.39. The summed E-state index contributed by atoms with van der Waals surface area (Å²) in [6.07, 6.45) is 3.11. The largest absolute Gasteiger partial charge is 0.416 e. The predicted octanol–water partition coefficient (Wildman–Crippen LogP) is 3.64. The first-order valence-corrected chi connectivity index (χ1v) is 12.1. The maximum absolute atomic E-state index is 13.0. The van der Waals surface area contributed by atoms with Gasteiger partial charge in [0.25, 0.3) is 5.89 Å². The lowest BCUT2D eigenvalue weighted by molar-refractivity contribution is 0.601. The molecular formula is C20H22N4O3S2. The Morgan fingerprint density at radius 3 is 2.48 bits per heavy atom. The summed E-state index contributed by atoms with van der Waals surface area (Å²) in [4.78, 5) is 9.96. The van der Waals surface area contributed by atoms with Gasteiger partial charge in [-0.05, 0) is 50.5 Å². The molecule has 0 saturated carbocycles. The average molecular weight is 431 g/mol. The molecule has 4 rings (SSSR count). The molecule has 29 heavy (non-hydrogen) atoms. The fraction of sp³-hybridized carbons (Fsp3) is 0.350. The van der Waals surface area contributed by atoms with E-state index in [9.17, 15) is 8.42 Å². The standard InChI is InChI=1S/C20H22N4O3S2/c1-7-29(26)18-16(23-24-13(5)11(3)10(2)12(4)17(18)24)20-22-15-8-14(28(6)25)9-21-19(15)27-20/h8-9H,7H2,1-6H3. The zero-order valence-electron chi connectivity index (χ0n) is 17.2. The number of fused-ring (bicyclic) bond motifs is 2. The first-order valence-electron chi connectivity index (χ1n) is 9.22. The lowest BCUT2D eigenvalue weighted by atomic mass is 10.0. The van der Waals surface area contributed by atoms with Crippen molar-refractivity contribution in [2.75, 3.05) is 12.0 Å². The molecule has 4 aromatic rings. The van der Waals surface area contributed by atoms with Gasteiger partial charge in [0.15, 0.2) is 5.69 Å². The number of rotatable bonds is 4. The molecule has 0 radical (unpaired) electrons. The van der Waals surface area contributed by atoms with Crippen LogP contribution in [0.1, 0.15) is 29.3 Å². The van der Waals surface area contributed by atoms with E-state index in [-0.39, 0.29) is 5.89 Å². The summed E-state index contributed by atoms with van der Waals surface area (Å²) in [5.74, 6) is 0.721. The second kappa shape index (κ2) is 7.14. The molecule has 0 aliphatic rings. The van der Waals surface area contributed by atoms with Crippen LogP contribution in [0.15, 0.2) is 26.5 Å². The molecule has 0 aliphatic carbocycles. The van der Waals surface area contributed by atoms with Crippen LogP contribution in [-0.4, -0.2) is 40.0 Å². The highest BCUT2D eigenvalue weighted by Crippen LogP contribution is 2.35. The number of oxazole rings is 1. The quantitative estimate of drug-likeness (QED) is 0.491. The fourth-order valence-electron chi connectivity index (χ4n) is 3.43. The second-order valence-electron chi connectivity index (χ2n) is 7.00. The number of pyridine rings is 2. The Morgan fingerprint density at radius 1 is 1.10 bits per heavy atom. The van der Waals surface area contributed by atoms with Gasteiger partial charge in [-0.15, -0.1) is 0 Å². The third-order valence-electron chi connectivity index (χ3n) is 5.43. The van der Waals surface area contributed by atoms with Crippen molar-refractivity contribution in [2.24, 2.45) is 0 Å². The Morgan fingerprint density at radius 2 is 1.83 bits per heavy atom. The molecule has 4 aromatic heterocycles. The SMILES string of the molecule is CCS(=O)c1c(-c2nc3cc(S(C)=O)cnc3o2)nn2c(C)c(C)c(C)c(C)c12. The van der Waals surface area contributed by atoms with Crippen molar-refractivity contribution < 1.29 is 12.8 Å². The molecule has 2 unspecified atom stereocenters. The van der Waals surface area contributed by atoms with E-state index >= 15 is 0 Å². The summed E-state index contributed by atoms with van der Waals surface area (Å²) in [6.45, 7) is 10.0. The minimum Gasteiger partial charge on any atom is -0.416 e. The summed E-state index contributed by atoms with van der Waals surface area (Å²) in [5, 5.41) is 4.75. The van der Waals surface area contributed by atoms with E-state index in [0.29, 0.717) is 32.5 Å². The summed E-state index contributed by atoms with van der Waals surface area (Å²) < 4.78 is 32.5. The number of hydrogen-bond donors (Lipinski definition) is 0. The van der Waals surface area contributed by atoms with Crippen molar-refractivity contribution in [3.05, 3.63) is 34.6 Å². The Balaban J connectivity index is 2.07. The number of nitrogens with zero attached hydrogens (tertiary/aromatic N) is 4. The highest BCUT2D eigenvalue weighted by molar-refractivity contribution is 7.85. The van der Waals surface area contributed by atoms with E-state index in [1.807, 2.05) is 25.3 Å². The van der Waals surface area contributed by atoms with Gasteiger partial charge in [-0.25, -0.2) is 14.5 Å². The lowest BCUT2D eigenvalue weighted by Gasteiger charge is -2.12. The molecule has 7 nitrogen and oxygen atoms in total. The van der Waals surface area contributed by atoms with Gasteiger partial charge >= 0.3 is 0 Å². The zero-order valence-corrected chi connectivity index (χ0v) is 18.8. The van der Waals surface area contributed by atoms with Crippen LogP contribution in [0.2, 0.25) is 0 Å². The Labute approximate surface area is 173 Å². The van der Waals surface area contributed by atoms with Crippen molar-refractivity contribution in [3.63, 3.8) is 0 Å². The molecule has 9 heteroatoms. The average Bonchev–Trinajstić information content (AvgIpc) is 3.30. The van der Waals surface area contributed by atoms with Crippen LogP contribution in [0.5, 0.6) is 0 Å². The maximum atomic E-state index is 13.0. The van der Waals surface area contributed by atoms with Gasteiger partial charge in [0, 0.05) is 23.9 Å². The van der Waals surface area contributed by atoms with Gasteiger partial charge < -0.3 is 4.42 Å². The van der Waals surface area contributed by atoms with Crippen LogP contribution in [0.4, 0.5) is 0 Å². The van der Waals surface area contributed by atoms with Gasteiger partial charge in [-0.3, -0.25) is 8.42 Å². The van der Waals surface area contributed by atoms with Crippen LogP contribution in [0.3, 0.4) is 0 Å². The van der Waals surface area contributed by atoms with E-state index < -0.39 is 21.6 Å². The van der Waals surface area contributed by atoms with Gasteiger partial charge in [-0.2, -0.15) is 5.10 Å². The van der Waals surface area contributed by atoms with E-state index in [1.165, 1.54) is 6.20 Å². The first kappa shape index (κ1) is 19.9. The molecule has 0 fully saturated rings. The number of aromatic nitrogens is 4. The molecule has 0 amide bonds. The Kier molecular flexibility index (Phi) is 4.90. The van der Waals surface area contributed by atoms with Gasteiger partial charge in [0.1, 0.15) is 5.52 Å². The third-order valence-corrected chi connectivity index (χ3v) is 7.68. The molecule has 0 saturated heterocycles. The summed E-state index contributed by atoms with van der Waals surface area (Å²) >= 11 is 0. The van der Waals surface area contributed by atoms with Crippen molar-refractivity contribution >= 4 is 38.3 Å². The van der Waals surface area contributed by atoms with E-state index in [0.717, 1.165) is 27.9 Å². The molecule has 0 bridgehead atoms. The van der Waals surface area contributed by atoms with E-state index in [1.54, 1.807) is 12.3 Å². The van der Waals surface area contributed by atoms with Gasteiger partial charge in [0.05, 0.1) is 36.9 Å². The van der Waals surface area contributed by atoms with Crippen LogP contribution in [0, 0.1) is 27.7 Å². The highest BCUT2D eigenvalue weighted by Gasteiger charge is 2.26. The van der Waals surface area contributed by atoms with Gasteiger partial charge in [-0.1, -0.05) is 6.92 Å². The number of hydrogen-bond acceptors (Lipinski definition) is 6. The molecule has 152 valence electrons. The molecule has 4 heterocycles. The summed E-state index contributed by atoms with van der Waals surface area (Å²) in [6, 6.07) is 1.70. The molecular weight excluding hydrogens is 408 g/mol. The molecule has 0 aliphatic heterocycles. The second-order valence-corrected chi connectivity index (χ2v) is 10.1. The molecule has 0 N–H and O–H groups in total. The molecule has 0 spiro atoms. The smallest absolute Gasteiger partial charge is 0.251 e. The predicted molar refractivity (Wildman–Crippen MR) is 114 cm³/mol. The lowest BCUT2D eigenvalue weighted by Crippen LogP contribution is -2.03. The maximum Gasteiger partial charge on any atom is 0.251 e. The normalized spacial score (nSPS) is 14.0.